The Labute approximate surface area is 163 Å². The number of hydrogen-bond donors (Lipinski definition) is 2. The molecule has 0 aliphatic heterocycles. The minimum atomic E-state index is -3.62. The van der Waals surface area contributed by atoms with Crippen molar-refractivity contribution in [2.24, 2.45) is 0 Å². The Kier molecular flexibility index (Phi) is 5.76. The largest absolute Gasteiger partial charge is 0.462 e. The lowest BCUT2D eigenvalue weighted by molar-refractivity contribution is 0.0524. The van der Waals surface area contributed by atoms with E-state index < -0.39 is 21.9 Å². The van der Waals surface area contributed by atoms with Gasteiger partial charge in [0.1, 0.15) is 5.69 Å². The summed E-state index contributed by atoms with van der Waals surface area (Å²) in [5, 5.41) is 2.63. The van der Waals surface area contributed by atoms with Gasteiger partial charge in [-0.1, -0.05) is 6.07 Å². The lowest BCUT2D eigenvalue weighted by Gasteiger charge is -2.10. The fraction of sp³-hybridized carbons (Fsp3) is 0.316. The fourth-order valence-electron chi connectivity index (χ4n) is 2.54. The van der Waals surface area contributed by atoms with Crippen LogP contribution < -0.4 is 10.0 Å². The van der Waals surface area contributed by atoms with Crippen molar-refractivity contribution in [2.75, 3.05) is 11.9 Å². The second-order valence-corrected chi connectivity index (χ2v) is 8.14. The van der Waals surface area contributed by atoms with E-state index in [2.05, 4.69) is 15.0 Å². The summed E-state index contributed by atoms with van der Waals surface area (Å²) in [5.41, 5.74) is 1.10. The molecule has 0 spiro atoms. The molecule has 0 radical (unpaired) electrons. The number of rotatable bonds is 7. The number of benzene rings is 1. The molecule has 0 bridgehead atoms. The number of amides is 1. The quantitative estimate of drug-likeness (QED) is 0.686. The number of carbonyl (C=O) groups is 2. The molecule has 148 valence electrons. The van der Waals surface area contributed by atoms with E-state index in [-0.39, 0.29) is 28.8 Å². The van der Waals surface area contributed by atoms with Gasteiger partial charge in [0.15, 0.2) is 0 Å². The highest BCUT2D eigenvalue weighted by Crippen LogP contribution is 2.23. The van der Waals surface area contributed by atoms with Crippen LogP contribution in [0.25, 0.3) is 0 Å². The minimum absolute atomic E-state index is 0.00617. The van der Waals surface area contributed by atoms with Crippen molar-refractivity contribution in [2.45, 2.75) is 37.6 Å². The first kappa shape index (κ1) is 20.0. The topological polar surface area (TPSA) is 114 Å². The van der Waals surface area contributed by atoms with Crippen LogP contribution in [0, 0.1) is 6.92 Å². The average Bonchev–Trinajstić information content (AvgIpc) is 3.45. The molecule has 2 aromatic rings. The summed E-state index contributed by atoms with van der Waals surface area (Å²) < 4.78 is 32.2. The standard InChI is InChI=1S/C19H21N3O5S/c1-3-27-19(24)16-9-10-17(20-12(16)2)18(23)21-14-5-4-6-15(11-14)28(25,26)22-13-7-8-13/h4-6,9-11,13,22H,3,7-8H2,1-2H3,(H,21,23). The smallest absolute Gasteiger partial charge is 0.339 e. The zero-order valence-corrected chi connectivity index (χ0v) is 16.4. The SMILES string of the molecule is CCOC(=O)c1ccc(C(=O)Nc2cccc(S(=O)(=O)NC3CC3)c2)nc1C. The maximum atomic E-state index is 12.5. The van der Waals surface area contributed by atoms with Gasteiger partial charge in [0.25, 0.3) is 5.91 Å². The fourth-order valence-corrected chi connectivity index (χ4v) is 3.89. The molecule has 8 nitrogen and oxygen atoms in total. The average molecular weight is 403 g/mol. The monoisotopic (exact) mass is 403 g/mol. The number of sulfonamides is 1. The van der Waals surface area contributed by atoms with Crippen molar-refractivity contribution in [1.29, 1.82) is 0 Å². The van der Waals surface area contributed by atoms with Crippen LogP contribution in [0.1, 0.15) is 46.3 Å². The van der Waals surface area contributed by atoms with Crippen molar-refractivity contribution in [3.63, 3.8) is 0 Å². The minimum Gasteiger partial charge on any atom is -0.462 e. The second-order valence-electron chi connectivity index (χ2n) is 6.43. The molecule has 1 fully saturated rings. The first-order chi connectivity index (χ1) is 13.3. The lowest BCUT2D eigenvalue weighted by atomic mass is 10.2. The van der Waals surface area contributed by atoms with E-state index in [1.807, 2.05) is 0 Å². The number of aryl methyl sites for hydroxylation is 1. The maximum Gasteiger partial charge on any atom is 0.339 e. The molecule has 1 aromatic heterocycles. The van der Waals surface area contributed by atoms with Gasteiger partial charge in [-0.2, -0.15) is 0 Å². The molecule has 1 saturated carbocycles. The summed E-state index contributed by atoms with van der Waals surface area (Å²) in [5.74, 6) is -1.01. The Morgan fingerprint density at radius 1 is 1.21 bits per heavy atom. The highest BCUT2D eigenvalue weighted by Gasteiger charge is 2.28. The van der Waals surface area contributed by atoms with E-state index in [1.54, 1.807) is 26.0 Å². The number of esters is 1. The molecule has 0 saturated heterocycles. The van der Waals surface area contributed by atoms with Gasteiger partial charge >= 0.3 is 5.97 Å². The highest BCUT2D eigenvalue weighted by atomic mass is 32.2. The summed E-state index contributed by atoms with van der Waals surface area (Å²) in [6.45, 7) is 3.56. The summed E-state index contributed by atoms with van der Waals surface area (Å²) >= 11 is 0. The van der Waals surface area contributed by atoms with Gasteiger partial charge in [0.05, 0.1) is 22.8 Å². The molecule has 1 aliphatic rings. The van der Waals surface area contributed by atoms with Crippen molar-refractivity contribution < 1.29 is 22.7 Å². The van der Waals surface area contributed by atoms with Gasteiger partial charge in [0, 0.05) is 11.7 Å². The molecule has 1 aromatic carbocycles. The summed E-state index contributed by atoms with van der Waals surface area (Å²) in [6.07, 6.45) is 1.67. The van der Waals surface area contributed by atoms with Crippen molar-refractivity contribution in [3.8, 4) is 0 Å². The molecule has 2 N–H and O–H groups in total. The zero-order valence-electron chi connectivity index (χ0n) is 15.6. The molecule has 9 heteroatoms. The molecule has 0 unspecified atom stereocenters. The Morgan fingerprint density at radius 3 is 2.61 bits per heavy atom. The van der Waals surface area contributed by atoms with Crippen LogP contribution in [-0.4, -0.2) is 37.9 Å². The second kappa shape index (κ2) is 8.07. The predicted molar refractivity (Wildman–Crippen MR) is 103 cm³/mol. The number of carbonyl (C=O) groups excluding carboxylic acids is 2. The number of ether oxygens (including phenoxy) is 1. The number of nitrogens with zero attached hydrogens (tertiary/aromatic N) is 1. The Morgan fingerprint density at radius 2 is 1.96 bits per heavy atom. The summed E-state index contributed by atoms with van der Waals surface area (Å²) in [7, 11) is -3.62. The van der Waals surface area contributed by atoms with E-state index >= 15 is 0 Å². The van der Waals surface area contributed by atoms with Crippen LogP contribution in [0.15, 0.2) is 41.3 Å². The van der Waals surface area contributed by atoms with Crippen LogP contribution in [0.3, 0.4) is 0 Å². The Balaban J connectivity index is 1.75. The third kappa shape index (κ3) is 4.73. The van der Waals surface area contributed by atoms with Crippen LogP contribution in [0.5, 0.6) is 0 Å². The van der Waals surface area contributed by atoms with E-state index in [9.17, 15) is 18.0 Å². The first-order valence-electron chi connectivity index (χ1n) is 8.88. The van der Waals surface area contributed by atoms with Crippen molar-refractivity contribution in [3.05, 3.63) is 53.3 Å². The van der Waals surface area contributed by atoms with E-state index in [0.29, 0.717) is 11.4 Å². The van der Waals surface area contributed by atoms with Crippen molar-refractivity contribution in [1.82, 2.24) is 9.71 Å². The molecular formula is C19H21N3O5S. The van der Waals surface area contributed by atoms with E-state index in [1.165, 1.54) is 24.3 Å². The van der Waals surface area contributed by atoms with Gasteiger partial charge in [-0.15, -0.1) is 0 Å². The number of hydrogen-bond acceptors (Lipinski definition) is 6. The van der Waals surface area contributed by atoms with E-state index in [4.69, 9.17) is 4.74 Å². The van der Waals surface area contributed by atoms with Crippen LogP contribution in [0.4, 0.5) is 5.69 Å². The third-order valence-corrected chi connectivity index (χ3v) is 5.63. The number of pyridine rings is 1. The molecule has 28 heavy (non-hydrogen) atoms. The van der Waals surface area contributed by atoms with Gasteiger partial charge < -0.3 is 10.1 Å². The normalized spacial score (nSPS) is 13.8. The van der Waals surface area contributed by atoms with Gasteiger partial charge in [0.2, 0.25) is 10.0 Å². The molecule has 3 rings (SSSR count). The zero-order chi connectivity index (χ0) is 20.3. The van der Waals surface area contributed by atoms with Gasteiger partial charge in [-0.25, -0.2) is 22.9 Å². The summed E-state index contributed by atoms with van der Waals surface area (Å²) in [4.78, 5) is 28.5. The number of nitrogens with one attached hydrogen (secondary N) is 2. The van der Waals surface area contributed by atoms with E-state index in [0.717, 1.165) is 12.8 Å². The molecule has 1 heterocycles. The predicted octanol–water partition coefficient (Wildman–Crippen LogP) is 2.26. The Bertz CT molecular complexity index is 1020. The third-order valence-electron chi connectivity index (χ3n) is 4.12. The first-order valence-corrected chi connectivity index (χ1v) is 10.4. The maximum absolute atomic E-state index is 12.5. The molecule has 0 atom stereocenters. The van der Waals surface area contributed by atoms with Crippen molar-refractivity contribution >= 4 is 27.6 Å². The van der Waals surface area contributed by atoms with Crippen LogP contribution in [0.2, 0.25) is 0 Å². The summed E-state index contributed by atoms with van der Waals surface area (Å²) in [6, 6.07) is 8.90. The molecular weight excluding hydrogens is 382 g/mol. The Hall–Kier alpha value is -2.78. The van der Waals surface area contributed by atoms with Gasteiger partial charge in [-0.3, -0.25) is 4.79 Å². The van der Waals surface area contributed by atoms with Crippen LogP contribution >= 0.6 is 0 Å². The lowest BCUT2D eigenvalue weighted by Crippen LogP contribution is -2.25. The number of anilines is 1. The molecule has 1 aliphatic carbocycles. The van der Waals surface area contributed by atoms with Crippen LogP contribution in [-0.2, 0) is 14.8 Å². The number of aromatic nitrogens is 1. The van der Waals surface area contributed by atoms with Gasteiger partial charge in [-0.05, 0) is 57.0 Å². The highest BCUT2D eigenvalue weighted by molar-refractivity contribution is 7.89. The molecule has 1 amide bonds.